The third kappa shape index (κ3) is 34.3. The quantitative estimate of drug-likeness (QED) is 0.0149. The molecule has 392 valence electrons. The van der Waals surface area contributed by atoms with Gasteiger partial charge in [0.1, 0.15) is 24.4 Å². The number of unbranched alkanes of at least 4 members (excludes halogenated alkanes) is 18. The molecule has 69 heavy (non-hydrogen) atoms. The molecular formula is C58H95NO10. The van der Waals surface area contributed by atoms with Gasteiger partial charge in [0, 0.05) is 6.42 Å². The molecule has 8 unspecified atom stereocenters. The Labute approximate surface area is 418 Å². The van der Waals surface area contributed by atoms with E-state index in [0.717, 1.165) is 83.5 Å². The number of nitrogens with one attached hydrogen (secondary N) is 1. The Morgan fingerprint density at radius 1 is 0.580 bits per heavy atom. The molecule has 0 saturated carbocycles. The van der Waals surface area contributed by atoms with E-state index in [-0.39, 0.29) is 19.4 Å². The number of hydrogen-bond acceptors (Lipinski definition) is 10. The SMILES string of the molecule is CC/C=C/C=C/C=C\C=C/CCCCC(O)C(=O)NC(COC1OC(CO)C(O)C(O)C1OC(=O)CCCCCCC\C=C/C=C/C=C/C=C/CC)C(O)/C=C/CCCCCCCCCCCCC. The zero-order valence-corrected chi connectivity index (χ0v) is 42.9. The first-order valence-electron chi connectivity index (χ1n) is 26.8. The van der Waals surface area contributed by atoms with Gasteiger partial charge in [-0.2, -0.15) is 0 Å². The summed E-state index contributed by atoms with van der Waals surface area (Å²) in [6.07, 6.45) is 50.0. The maximum atomic E-state index is 13.3. The van der Waals surface area contributed by atoms with Crippen LogP contribution in [0.1, 0.15) is 181 Å². The van der Waals surface area contributed by atoms with Crippen LogP contribution >= 0.6 is 0 Å². The van der Waals surface area contributed by atoms with Crippen molar-refractivity contribution in [1.82, 2.24) is 5.32 Å². The standard InChI is InChI=1S/C58H95NO10/c1-4-7-10-13-16-19-22-25-26-28-31-34-37-40-43-46-53(63)69-56-55(65)54(64)52(47-60)68-58(56)67-48-49(50(61)44-41-38-35-32-30-27-23-20-17-14-11-8-5-2)59-57(66)51(62)45-42-39-36-33-29-24-21-18-15-12-9-6-3/h7,9-10,12-13,15-16,18-19,21-22,24-26,29,33,41,44,49-52,54-56,58,60-62,64-65H,4-6,8,11,14,17,20,23,27-28,30-32,34-40,42-43,45-48H2,1-3H3,(H,59,66)/b10-7+,12-9+,16-13+,18-15+,22-19+,24-21-,26-25-,33-29-,44-41+. The van der Waals surface area contributed by atoms with Crippen LogP contribution in [-0.4, -0.2) is 99.6 Å². The van der Waals surface area contributed by atoms with Crippen LogP contribution in [0.25, 0.3) is 0 Å². The molecule has 0 aromatic carbocycles. The van der Waals surface area contributed by atoms with Gasteiger partial charge < -0.3 is 45.1 Å². The number of hydrogen-bond donors (Lipinski definition) is 6. The van der Waals surface area contributed by atoms with Crippen molar-refractivity contribution in [3.05, 3.63) is 109 Å². The van der Waals surface area contributed by atoms with Gasteiger partial charge in [0.25, 0.3) is 0 Å². The summed E-state index contributed by atoms with van der Waals surface area (Å²) in [7, 11) is 0. The molecule has 0 aliphatic carbocycles. The van der Waals surface area contributed by atoms with Crippen molar-refractivity contribution >= 4 is 11.9 Å². The van der Waals surface area contributed by atoms with E-state index >= 15 is 0 Å². The minimum Gasteiger partial charge on any atom is -0.454 e. The van der Waals surface area contributed by atoms with Crippen molar-refractivity contribution in [2.45, 2.75) is 230 Å². The van der Waals surface area contributed by atoms with Gasteiger partial charge >= 0.3 is 5.97 Å². The van der Waals surface area contributed by atoms with Crippen LogP contribution in [0, 0.1) is 0 Å². The predicted molar refractivity (Wildman–Crippen MR) is 282 cm³/mol. The van der Waals surface area contributed by atoms with E-state index in [1.165, 1.54) is 51.4 Å². The molecule has 0 radical (unpaired) electrons. The molecule has 6 N–H and O–H groups in total. The molecule has 1 saturated heterocycles. The maximum absolute atomic E-state index is 13.3. The molecule has 0 bridgehead atoms. The maximum Gasteiger partial charge on any atom is 0.306 e. The van der Waals surface area contributed by atoms with Crippen molar-refractivity contribution in [2.75, 3.05) is 13.2 Å². The van der Waals surface area contributed by atoms with Crippen LogP contribution in [0.4, 0.5) is 0 Å². The van der Waals surface area contributed by atoms with Gasteiger partial charge in [-0.25, -0.2) is 0 Å². The second-order valence-electron chi connectivity index (χ2n) is 18.0. The van der Waals surface area contributed by atoms with E-state index in [9.17, 15) is 35.1 Å². The fourth-order valence-corrected chi connectivity index (χ4v) is 7.61. The van der Waals surface area contributed by atoms with Crippen molar-refractivity contribution in [1.29, 1.82) is 0 Å². The van der Waals surface area contributed by atoms with Gasteiger partial charge in [-0.1, -0.05) is 220 Å². The van der Waals surface area contributed by atoms with E-state index < -0.39 is 67.4 Å². The van der Waals surface area contributed by atoms with Gasteiger partial charge in [-0.15, -0.1) is 0 Å². The molecule has 11 nitrogen and oxygen atoms in total. The number of rotatable bonds is 42. The van der Waals surface area contributed by atoms with Crippen molar-refractivity contribution in [3.8, 4) is 0 Å². The fourth-order valence-electron chi connectivity index (χ4n) is 7.61. The number of carbonyl (C=O) groups is 2. The number of amides is 1. The number of aliphatic hydroxyl groups excluding tert-OH is 5. The highest BCUT2D eigenvalue weighted by Crippen LogP contribution is 2.26. The first-order chi connectivity index (χ1) is 33.7. The highest BCUT2D eigenvalue weighted by Gasteiger charge is 2.47. The molecule has 1 heterocycles. The summed E-state index contributed by atoms with van der Waals surface area (Å²) in [5.41, 5.74) is 0. The van der Waals surface area contributed by atoms with E-state index in [1.54, 1.807) is 6.08 Å². The average molecular weight is 966 g/mol. The Bertz CT molecular complexity index is 1530. The lowest BCUT2D eigenvalue weighted by atomic mass is 9.99. The van der Waals surface area contributed by atoms with E-state index in [1.807, 2.05) is 85.1 Å². The van der Waals surface area contributed by atoms with Crippen molar-refractivity contribution < 1.29 is 49.3 Å². The normalized spacial score (nSPS) is 20.7. The zero-order valence-electron chi connectivity index (χ0n) is 42.9. The van der Waals surface area contributed by atoms with Crippen LogP contribution in [0.5, 0.6) is 0 Å². The van der Waals surface area contributed by atoms with Crippen molar-refractivity contribution in [2.24, 2.45) is 0 Å². The molecule has 1 aliphatic rings. The van der Waals surface area contributed by atoms with Crippen LogP contribution in [0.3, 0.4) is 0 Å². The summed E-state index contributed by atoms with van der Waals surface area (Å²) in [4.78, 5) is 26.4. The predicted octanol–water partition coefficient (Wildman–Crippen LogP) is 11.4. The summed E-state index contributed by atoms with van der Waals surface area (Å²) in [5.74, 6) is -1.27. The summed E-state index contributed by atoms with van der Waals surface area (Å²) in [6, 6.07) is -1.06. The molecule has 1 aliphatic heterocycles. The number of allylic oxidation sites excluding steroid dienone is 17. The molecule has 0 aromatic heterocycles. The monoisotopic (exact) mass is 966 g/mol. The summed E-state index contributed by atoms with van der Waals surface area (Å²) < 4.78 is 17.5. The van der Waals surface area contributed by atoms with E-state index in [0.29, 0.717) is 12.8 Å². The lowest BCUT2D eigenvalue weighted by Crippen LogP contribution is -2.61. The van der Waals surface area contributed by atoms with E-state index in [2.05, 4.69) is 44.3 Å². The molecule has 1 fully saturated rings. The minimum atomic E-state index is -1.64. The lowest BCUT2D eigenvalue weighted by molar-refractivity contribution is -0.305. The first kappa shape index (κ1) is 63.3. The number of carbonyl (C=O) groups excluding carboxylic acids is 2. The Morgan fingerprint density at radius 2 is 1.04 bits per heavy atom. The molecule has 0 aromatic rings. The Hall–Kier alpha value is -3.68. The van der Waals surface area contributed by atoms with Crippen LogP contribution < -0.4 is 5.32 Å². The first-order valence-corrected chi connectivity index (χ1v) is 26.8. The number of ether oxygens (including phenoxy) is 3. The smallest absolute Gasteiger partial charge is 0.306 e. The summed E-state index contributed by atoms with van der Waals surface area (Å²) >= 11 is 0. The van der Waals surface area contributed by atoms with Gasteiger partial charge in [-0.3, -0.25) is 9.59 Å². The van der Waals surface area contributed by atoms with Crippen molar-refractivity contribution in [3.63, 3.8) is 0 Å². The Kier molecular flexibility index (Phi) is 41.7. The summed E-state index contributed by atoms with van der Waals surface area (Å²) in [6.45, 7) is 5.42. The molecule has 11 heteroatoms. The van der Waals surface area contributed by atoms with Gasteiger partial charge in [0.05, 0.1) is 25.4 Å². The Morgan fingerprint density at radius 3 is 1.57 bits per heavy atom. The van der Waals surface area contributed by atoms with E-state index in [4.69, 9.17) is 14.2 Å². The van der Waals surface area contributed by atoms with Crippen LogP contribution in [0.15, 0.2) is 109 Å². The molecule has 1 rings (SSSR count). The minimum absolute atomic E-state index is 0.0858. The third-order valence-corrected chi connectivity index (χ3v) is 11.9. The second kappa shape index (κ2) is 45.5. The largest absolute Gasteiger partial charge is 0.454 e. The lowest BCUT2D eigenvalue weighted by Gasteiger charge is -2.41. The van der Waals surface area contributed by atoms with Crippen LogP contribution in [0.2, 0.25) is 0 Å². The third-order valence-electron chi connectivity index (χ3n) is 11.9. The highest BCUT2D eigenvalue weighted by atomic mass is 16.7. The highest BCUT2D eigenvalue weighted by molar-refractivity contribution is 5.80. The van der Waals surface area contributed by atoms with Crippen LogP contribution in [-0.2, 0) is 23.8 Å². The number of aliphatic hydroxyl groups is 5. The molecular weight excluding hydrogens is 871 g/mol. The topological polar surface area (TPSA) is 175 Å². The molecule has 1 amide bonds. The van der Waals surface area contributed by atoms with Gasteiger partial charge in [-0.05, 0) is 64.2 Å². The molecule has 0 spiro atoms. The average Bonchev–Trinajstić information content (AvgIpc) is 3.34. The fraction of sp³-hybridized carbons (Fsp3) is 0.655. The van der Waals surface area contributed by atoms with Gasteiger partial charge in [0.15, 0.2) is 12.4 Å². The second-order valence-corrected chi connectivity index (χ2v) is 18.0. The molecule has 8 atom stereocenters. The number of esters is 1. The van der Waals surface area contributed by atoms with Gasteiger partial charge in [0.2, 0.25) is 5.91 Å². The zero-order chi connectivity index (χ0) is 50.4. The Balaban J connectivity index is 2.82. The summed E-state index contributed by atoms with van der Waals surface area (Å²) in [5, 5.41) is 56.6.